The lowest BCUT2D eigenvalue weighted by Crippen LogP contribution is -2.38. The summed E-state index contributed by atoms with van der Waals surface area (Å²) in [6.07, 6.45) is 3.27. The molecule has 0 atom stereocenters. The highest BCUT2D eigenvalue weighted by atomic mass is 16.5. The Morgan fingerprint density at radius 3 is 2.67 bits per heavy atom. The van der Waals surface area contributed by atoms with Crippen LogP contribution < -0.4 is 16.0 Å². The topological polar surface area (TPSA) is 99.7 Å². The predicted molar refractivity (Wildman–Crippen MR) is 128 cm³/mol. The Morgan fingerprint density at radius 2 is 2.00 bits per heavy atom. The number of rotatable bonds is 8. The van der Waals surface area contributed by atoms with Crippen molar-refractivity contribution in [2.24, 2.45) is 13.0 Å². The number of para-hydroxylation sites is 1. The Hall–Kier alpha value is -3.88. The summed E-state index contributed by atoms with van der Waals surface area (Å²) in [6.45, 7) is 10.8. The minimum absolute atomic E-state index is 0.192. The molecular formula is C24H28N6O3. The van der Waals surface area contributed by atoms with Crippen LogP contribution in [0.5, 0.6) is 5.75 Å². The molecule has 172 valence electrons. The van der Waals surface area contributed by atoms with E-state index < -0.39 is 5.56 Å². The molecular weight excluding hydrogens is 420 g/mol. The maximum atomic E-state index is 13.3. The number of nitrogens with one attached hydrogen (secondary N) is 1. The second kappa shape index (κ2) is 8.93. The minimum atomic E-state index is -0.394. The molecule has 4 rings (SSSR count). The van der Waals surface area contributed by atoms with Crippen molar-refractivity contribution in [3.8, 4) is 17.1 Å². The van der Waals surface area contributed by atoms with Crippen molar-refractivity contribution < 1.29 is 4.74 Å². The summed E-state index contributed by atoms with van der Waals surface area (Å²) in [7, 11) is 1.50. The van der Waals surface area contributed by atoms with E-state index in [2.05, 4.69) is 16.5 Å². The first kappa shape index (κ1) is 22.3. The Kier molecular flexibility index (Phi) is 6.04. The van der Waals surface area contributed by atoms with Crippen LogP contribution >= 0.6 is 0 Å². The zero-order valence-corrected chi connectivity index (χ0v) is 19.3. The zero-order chi connectivity index (χ0) is 23.7. The number of fused-ring (bicyclic) bond motifs is 1. The van der Waals surface area contributed by atoms with Gasteiger partial charge in [0.25, 0.3) is 5.56 Å². The van der Waals surface area contributed by atoms with Gasteiger partial charge in [-0.25, -0.2) is 9.78 Å². The summed E-state index contributed by atoms with van der Waals surface area (Å²) in [5.41, 5.74) is 2.46. The van der Waals surface area contributed by atoms with Gasteiger partial charge in [0.1, 0.15) is 29.1 Å². The highest BCUT2D eigenvalue weighted by Gasteiger charge is 2.25. The number of nitrogens with zero attached hydrogens (tertiary/aromatic N) is 5. The average Bonchev–Trinajstić information content (AvgIpc) is 3.37. The number of hydrogen-bond donors (Lipinski definition) is 1. The third-order valence-corrected chi connectivity index (χ3v) is 5.48. The standard InChI is InChI=1S/C24H28N6O3/c1-6-11-33-18-10-8-7-9-17(18)13-30-21(20-16(4)25-14-26-20)19-22(27-30)29(12-15(2)3)24(32)28(5)23(19)31/h6-10,14-15H,1,11-13H2,2-5H3,(H,25,26). The third kappa shape index (κ3) is 4.02. The van der Waals surface area contributed by atoms with E-state index in [0.29, 0.717) is 47.9 Å². The van der Waals surface area contributed by atoms with Crippen LogP contribution in [0.3, 0.4) is 0 Å². The van der Waals surface area contributed by atoms with Gasteiger partial charge >= 0.3 is 5.69 Å². The van der Waals surface area contributed by atoms with E-state index >= 15 is 0 Å². The Morgan fingerprint density at radius 1 is 1.24 bits per heavy atom. The fourth-order valence-corrected chi connectivity index (χ4v) is 3.93. The molecule has 0 aliphatic carbocycles. The van der Waals surface area contributed by atoms with Crippen LogP contribution in [0.1, 0.15) is 25.1 Å². The Labute approximate surface area is 191 Å². The Balaban J connectivity index is 2.02. The van der Waals surface area contributed by atoms with Crippen molar-refractivity contribution >= 4 is 11.0 Å². The van der Waals surface area contributed by atoms with E-state index in [-0.39, 0.29) is 11.6 Å². The molecule has 1 N–H and O–H groups in total. The number of imidazole rings is 1. The first-order valence-corrected chi connectivity index (χ1v) is 10.9. The van der Waals surface area contributed by atoms with E-state index in [0.717, 1.165) is 15.8 Å². The molecule has 3 heterocycles. The van der Waals surface area contributed by atoms with Crippen LogP contribution in [-0.2, 0) is 20.1 Å². The third-order valence-electron chi connectivity index (χ3n) is 5.48. The molecule has 0 fully saturated rings. The first-order valence-electron chi connectivity index (χ1n) is 10.9. The number of aryl methyl sites for hydroxylation is 1. The monoisotopic (exact) mass is 448 g/mol. The van der Waals surface area contributed by atoms with Crippen molar-refractivity contribution in [1.29, 1.82) is 0 Å². The lowest BCUT2D eigenvalue weighted by Gasteiger charge is -2.12. The summed E-state index contributed by atoms with van der Waals surface area (Å²) in [4.78, 5) is 33.8. The molecule has 1 aromatic carbocycles. The molecule has 9 nitrogen and oxygen atoms in total. The van der Waals surface area contributed by atoms with Gasteiger partial charge in [-0.05, 0) is 18.9 Å². The molecule has 0 amide bonds. The molecule has 0 bridgehead atoms. The molecule has 0 radical (unpaired) electrons. The fourth-order valence-electron chi connectivity index (χ4n) is 3.93. The average molecular weight is 449 g/mol. The lowest BCUT2D eigenvalue weighted by atomic mass is 10.1. The van der Waals surface area contributed by atoms with E-state index in [9.17, 15) is 9.59 Å². The lowest BCUT2D eigenvalue weighted by molar-refractivity contribution is 0.357. The number of ether oxygens (including phenoxy) is 1. The van der Waals surface area contributed by atoms with Gasteiger partial charge in [-0.1, -0.05) is 44.7 Å². The molecule has 4 aromatic rings. The van der Waals surface area contributed by atoms with E-state index in [4.69, 9.17) is 9.84 Å². The van der Waals surface area contributed by atoms with Crippen LogP contribution in [0.2, 0.25) is 0 Å². The fraction of sp³-hybridized carbons (Fsp3) is 0.333. The summed E-state index contributed by atoms with van der Waals surface area (Å²) in [5, 5.41) is 5.15. The summed E-state index contributed by atoms with van der Waals surface area (Å²) in [5.74, 6) is 0.895. The summed E-state index contributed by atoms with van der Waals surface area (Å²) < 4.78 is 10.3. The quantitative estimate of drug-likeness (QED) is 0.418. The van der Waals surface area contributed by atoms with E-state index in [1.807, 2.05) is 45.0 Å². The van der Waals surface area contributed by atoms with E-state index in [1.165, 1.54) is 7.05 Å². The van der Waals surface area contributed by atoms with Crippen molar-refractivity contribution in [2.45, 2.75) is 33.9 Å². The molecule has 9 heteroatoms. The molecule has 0 aliphatic heterocycles. The second-order valence-electron chi connectivity index (χ2n) is 8.44. The van der Waals surface area contributed by atoms with Crippen LogP contribution in [0, 0.1) is 12.8 Å². The smallest absolute Gasteiger partial charge is 0.332 e. The van der Waals surface area contributed by atoms with Gasteiger partial charge in [-0.15, -0.1) is 0 Å². The normalized spacial score (nSPS) is 11.4. The molecule has 0 aliphatic rings. The number of aromatic nitrogens is 6. The molecule has 0 spiro atoms. The van der Waals surface area contributed by atoms with Gasteiger partial charge < -0.3 is 9.72 Å². The Bertz CT molecular complexity index is 1440. The van der Waals surface area contributed by atoms with Crippen molar-refractivity contribution in [1.82, 2.24) is 28.9 Å². The van der Waals surface area contributed by atoms with Crippen LogP contribution in [0.4, 0.5) is 0 Å². The van der Waals surface area contributed by atoms with Crippen LogP contribution in [0.25, 0.3) is 22.4 Å². The molecule has 0 saturated heterocycles. The number of H-pyrrole nitrogens is 1. The summed E-state index contributed by atoms with van der Waals surface area (Å²) >= 11 is 0. The number of hydrogen-bond acceptors (Lipinski definition) is 5. The van der Waals surface area contributed by atoms with E-state index in [1.54, 1.807) is 21.7 Å². The first-order chi connectivity index (χ1) is 15.8. The maximum absolute atomic E-state index is 13.3. The predicted octanol–water partition coefficient (Wildman–Crippen LogP) is 2.86. The minimum Gasteiger partial charge on any atom is -0.489 e. The summed E-state index contributed by atoms with van der Waals surface area (Å²) in [6, 6.07) is 7.66. The SMILES string of the molecule is C=CCOc1ccccc1Cn1nc2c(c1-c1nc[nH]c1C)c(=O)n(C)c(=O)n2CC(C)C. The van der Waals surface area contributed by atoms with Gasteiger partial charge in [0.2, 0.25) is 0 Å². The number of benzene rings is 1. The van der Waals surface area contributed by atoms with Gasteiger partial charge in [0.05, 0.1) is 12.9 Å². The highest BCUT2D eigenvalue weighted by molar-refractivity contribution is 5.90. The number of aromatic amines is 1. The van der Waals surface area contributed by atoms with Crippen LogP contribution in [-0.4, -0.2) is 35.5 Å². The van der Waals surface area contributed by atoms with Crippen molar-refractivity contribution in [3.63, 3.8) is 0 Å². The second-order valence-corrected chi connectivity index (χ2v) is 8.44. The van der Waals surface area contributed by atoms with Gasteiger partial charge in [0.15, 0.2) is 5.65 Å². The van der Waals surface area contributed by atoms with Gasteiger partial charge in [-0.3, -0.25) is 18.6 Å². The largest absolute Gasteiger partial charge is 0.489 e. The van der Waals surface area contributed by atoms with Crippen LogP contribution in [0.15, 0.2) is 52.8 Å². The molecule has 0 saturated carbocycles. The molecule has 0 unspecified atom stereocenters. The van der Waals surface area contributed by atoms with Crippen molar-refractivity contribution in [2.75, 3.05) is 6.61 Å². The maximum Gasteiger partial charge on any atom is 0.332 e. The van der Waals surface area contributed by atoms with Gasteiger partial charge in [-0.2, -0.15) is 5.10 Å². The van der Waals surface area contributed by atoms with Gasteiger partial charge in [0, 0.05) is 24.8 Å². The highest BCUT2D eigenvalue weighted by Crippen LogP contribution is 2.29. The van der Waals surface area contributed by atoms with Crippen molar-refractivity contribution in [3.05, 3.63) is 75.3 Å². The molecule has 3 aromatic heterocycles. The zero-order valence-electron chi connectivity index (χ0n) is 19.3. The molecule has 33 heavy (non-hydrogen) atoms.